The second-order valence-corrected chi connectivity index (χ2v) is 7.16. The summed E-state index contributed by atoms with van der Waals surface area (Å²) < 4.78 is 1.80. The molecule has 2 aromatic carbocycles. The van der Waals surface area contributed by atoms with E-state index in [2.05, 4.69) is 21.3 Å². The fourth-order valence-corrected chi connectivity index (χ4v) is 3.95. The molecule has 2 aromatic heterocycles. The average Bonchev–Trinajstić information content (AvgIpc) is 3.18. The van der Waals surface area contributed by atoms with Crippen LogP contribution in [0.3, 0.4) is 0 Å². The van der Waals surface area contributed by atoms with Gasteiger partial charge in [0.1, 0.15) is 11.5 Å². The van der Waals surface area contributed by atoms with E-state index in [4.69, 9.17) is 10.7 Å². The van der Waals surface area contributed by atoms with E-state index in [0.29, 0.717) is 0 Å². The number of anilines is 1. The molecule has 1 fully saturated rings. The number of rotatable bonds is 3. The van der Waals surface area contributed by atoms with Crippen molar-refractivity contribution in [3.63, 3.8) is 0 Å². The van der Waals surface area contributed by atoms with Gasteiger partial charge in [0, 0.05) is 30.0 Å². The van der Waals surface area contributed by atoms with Crippen LogP contribution in [-0.2, 0) is 4.79 Å². The zero-order chi connectivity index (χ0) is 19.1. The van der Waals surface area contributed by atoms with E-state index in [1.54, 1.807) is 4.52 Å². The predicted octanol–water partition coefficient (Wildman–Crippen LogP) is 2.65. The van der Waals surface area contributed by atoms with Crippen LogP contribution in [0, 0.1) is 5.92 Å². The van der Waals surface area contributed by atoms with Crippen LogP contribution < -0.4 is 10.6 Å². The minimum atomic E-state index is -0.209. The first kappa shape index (κ1) is 16.7. The summed E-state index contributed by atoms with van der Waals surface area (Å²) in [6, 6.07) is 18.1. The molecule has 28 heavy (non-hydrogen) atoms. The van der Waals surface area contributed by atoms with Crippen molar-refractivity contribution in [3.8, 4) is 11.3 Å². The van der Waals surface area contributed by atoms with Gasteiger partial charge in [0.2, 0.25) is 5.91 Å². The molecule has 0 spiro atoms. The maximum Gasteiger partial charge on any atom is 0.220 e. The molecule has 0 aliphatic carbocycles. The lowest BCUT2D eigenvalue weighted by Crippen LogP contribution is -2.39. The zero-order valence-corrected chi connectivity index (χ0v) is 15.3. The summed E-state index contributed by atoms with van der Waals surface area (Å²) in [6.07, 6.45) is 1.50. The molecule has 2 N–H and O–H groups in total. The molecule has 1 amide bonds. The van der Waals surface area contributed by atoms with Gasteiger partial charge >= 0.3 is 0 Å². The number of nitrogens with two attached hydrogens (primary N) is 1. The third-order valence-corrected chi connectivity index (χ3v) is 5.48. The van der Waals surface area contributed by atoms with Crippen LogP contribution in [-0.4, -0.2) is 38.8 Å². The van der Waals surface area contributed by atoms with E-state index in [9.17, 15) is 4.79 Å². The standard InChI is InChI=1S/C21H20N6O/c22-19(28)15-10-12-26(13-11-15)20-16-8-4-5-9-17(16)27-21(23-20)18(24-25-27)14-6-2-1-3-7-14/h1-9,15H,10-13H2,(H2,22,28). The Morgan fingerprint density at radius 1 is 1.00 bits per heavy atom. The smallest absolute Gasteiger partial charge is 0.220 e. The molecule has 0 unspecified atom stereocenters. The number of hydrogen-bond donors (Lipinski definition) is 1. The van der Waals surface area contributed by atoms with Crippen LogP contribution in [0.5, 0.6) is 0 Å². The van der Waals surface area contributed by atoms with Gasteiger partial charge in [-0.1, -0.05) is 47.7 Å². The lowest BCUT2D eigenvalue weighted by molar-refractivity contribution is -0.122. The van der Waals surface area contributed by atoms with Crippen molar-refractivity contribution in [3.05, 3.63) is 54.6 Å². The molecule has 5 rings (SSSR count). The van der Waals surface area contributed by atoms with Gasteiger partial charge in [0.05, 0.1) is 5.52 Å². The molecule has 4 aromatic rings. The van der Waals surface area contributed by atoms with E-state index in [0.717, 1.165) is 59.6 Å². The first-order valence-corrected chi connectivity index (χ1v) is 9.46. The highest BCUT2D eigenvalue weighted by atomic mass is 16.1. The molecule has 1 aliphatic heterocycles. The van der Waals surface area contributed by atoms with E-state index in [1.165, 1.54) is 0 Å². The lowest BCUT2D eigenvalue weighted by Gasteiger charge is -2.32. The summed E-state index contributed by atoms with van der Waals surface area (Å²) in [6.45, 7) is 1.51. The third kappa shape index (κ3) is 2.67. The first-order chi connectivity index (χ1) is 13.7. The van der Waals surface area contributed by atoms with Crippen molar-refractivity contribution in [2.75, 3.05) is 18.0 Å². The van der Waals surface area contributed by atoms with Gasteiger partial charge in [-0.3, -0.25) is 4.79 Å². The third-order valence-electron chi connectivity index (χ3n) is 5.48. The summed E-state index contributed by atoms with van der Waals surface area (Å²) in [7, 11) is 0. The minimum Gasteiger partial charge on any atom is -0.369 e. The first-order valence-electron chi connectivity index (χ1n) is 9.46. The van der Waals surface area contributed by atoms with Crippen LogP contribution in [0.4, 0.5) is 5.82 Å². The number of fused-ring (bicyclic) bond motifs is 3. The van der Waals surface area contributed by atoms with E-state index in [-0.39, 0.29) is 11.8 Å². The van der Waals surface area contributed by atoms with Gasteiger partial charge in [-0.2, -0.15) is 4.52 Å². The number of piperidine rings is 1. The van der Waals surface area contributed by atoms with Gasteiger partial charge in [-0.15, -0.1) is 5.10 Å². The van der Waals surface area contributed by atoms with E-state index in [1.807, 2.05) is 48.5 Å². The Kier molecular flexibility index (Phi) is 3.93. The number of amides is 1. The lowest BCUT2D eigenvalue weighted by atomic mass is 9.96. The van der Waals surface area contributed by atoms with Crippen LogP contribution in [0.25, 0.3) is 27.8 Å². The average molecular weight is 372 g/mol. The molecule has 7 nitrogen and oxygen atoms in total. The van der Waals surface area contributed by atoms with Gasteiger partial charge < -0.3 is 10.6 Å². The van der Waals surface area contributed by atoms with E-state index >= 15 is 0 Å². The Morgan fingerprint density at radius 3 is 2.46 bits per heavy atom. The largest absolute Gasteiger partial charge is 0.369 e. The minimum absolute atomic E-state index is 0.0530. The number of carbonyl (C=O) groups is 1. The Morgan fingerprint density at radius 2 is 1.71 bits per heavy atom. The number of hydrogen-bond acceptors (Lipinski definition) is 5. The van der Waals surface area contributed by atoms with Crippen molar-refractivity contribution < 1.29 is 4.79 Å². The molecule has 1 aliphatic rings. The molecule has 0 bridgehead atoms. The van der Waals surface area contributed by atoms with Crippen molar-refractivity contribution >= 4 is 28.3 Å². The normalized spacial score (nSPS) is 15.4. The summed E-state index contributed by atoms with van der Waals surface area (Å²) in [5.41, 5.74) is 8.94. The Labute approximate surface area is 161 Å². The summed E-state index contributed by atoms with van der Waals surface area (Å²) in [5.74, 6) is 0.646. The van der Waals surface area contributed by atoms with Crippen LogP contribution >= 0.6 is 0 Å². The van der Waals surface area contributed by atoms with E-state index < -0.39 is 0 Å². The fourth-order valence-electron chi connectivity index (χ4n) is 3.95. The number of primary amides is 1. The summed E-state index contributed by atoms with van der Waals surface area (Å²) in [4.78, 5) is 18.7. The van der Waals surface area contributed by atoms with Gasteiger partial charge in [-0.05, 0) is 25.0 Å². The molecule has 7 heteroatoms. The van der Waals surface area contributed by atoms with Crippen LogP contribution in [0.1, 0.15) is 12.8 Å². The quantitative estimate of drug-likeness (QED) is 0.597. The highest BCUT2D eigenvalue weighted by Gasteiger charge is 2.26. The Hall–Kier alpha value is -3.48. The van der Waals surface area contributed by atoms with Crippen molar-refractivity contribution in [1.29, 1.82) is 0 Å². The predicted molar refractivity (Wildman–Crippen MR) is 108 cm³/mol. The molecule has 1 saturated heterocycles. The highest BCUT2D eigenvalue weighted by molar-refractivity contribution is 5.93. The van der Waals surface area contributed by atoms with Crippen molar-refractivity contribution in [2.45, 2.75) is 12.8 Å². The molecule has 0 radical (unpaired) electrons. The zero-order valence-electron chi connectivity index (χ0n) is 15.3. The summed E-state index contributed by atoms with van der Waals surface area (Å²) >= 11 is 0. The number of benzene rings is 2. The fraction of sp³-hybridized carbons (Fsp3) is 0.238. The Bertz CT molecular complexity index is 1160. The number of aromatic nitrogens is 4. The molecule has 0 saturated carbocycles. The molecular formula is C21H20N6O. The monoisotopic (exact) mass is 372 g/mol. The van der Waals surface area contributed by atoms with Crippen molar-refractivity contribution in [2.24, 2.45) is 11.7 Å². The van der Waals surface area contributed by atoms with Gasteiger partial charge in [0.25, 0.3) is 0 Å². The summed E-state index contributed by atoms with van der Waals surface area (Å²) in [5, 5.41) is 9.80. The number of nitrogens with zero attached hydrogens (tertiary/aromatic N) is 5. The highest BCUT2D eigenvalue weighted by Crippen LogP contribution is 2.31. The SMILES string of the molecule is NC(=O)C1CCN(c2nc3c(-c4ccccc4)nnn3c3ccccc23)CC1. The maximum absolute atomic E-state index is 11.5. The second kappa shape index (κ2) is 6.60. The van der Waals surface area contributed by atoms with Gasteiger partial charge in [-0.25, -0.2) is 4.98 Å². The topological polar surface area (TPSA) is 89.4 Å². The number of carbonyl (C=O) groups excluding carboxylic acids is 1. The molecule has 0 atom stereocenters. The Balaban J connectivity index is 1.67. The van der Waals surface area contributed by atoms with Crippen LogP contribution in [0.2, 0.25) is 0 Å². The molecule has 140 valence electrons. The van der Waals surface area contributed by atoms with Crippen molar-refractivity contribution in [1.82, 2.24) is 19.8 Å². The number of para-hydroxylation sites is 1. The molecular weight excluding hydrogens is 352 g/mol. The van der Waals surface area contributed by atoms with Gasteiger partial charge in [0.15, 0.2) is 5.65 Å². The van der Waals surface area contributed by atoms with Crippen LogP contribution in [0.15, 0.2) is 54.6 Å². The maximum atomic E-state index is 11.5. The molecule has 3 heterocycles. The second-order valence-electron chi connectivity index (χ2n) is 7.16.